The molecular formula is C63H42N6. The first-order valence-corrected chi connectivity index (χ1v) is 23.5. The Balaban J connectivity index is 1.28. The highest BCUT2D eigenvalue weighted by Gasteiger charge is 2.33. The van der Waals surface area contributed by atoms with Crippen molar-refractivity contribution >= 4 is 77.1 Å². The standard InChI is InChI=1S/C63H42N6/c1-4-22-41(23-5-1)50-40-57(67-51-34-16-10-28-44(51)45-29-11-17-35-52(45)67)59(68-53-36-18-12-30-46(53)47-31-13-19-37-54(47)68)60(69-55-38-20-14-32-48(55)49-33-15-21-39-56(49)69)58(50)63-65-61(42-24-6-2-7-25-42)64-62(66-63)43-26-8-3-9-27-43/h1-40,61H,(H,64,65,66). The van der Waals surface area contributed by atoms with Crippen LogP contribution in [0.5, 0.6) is 0 Å². The smallest absolute Gasteiger partial charge is 0.162 e. The monoisotopic (exact) mass is 882 g/mol. The molecule has 0 spiro atoms. The molecule has 0 saturated carbocycles. The van der Waals surface area contributed by atoms with E-state index in [9.17, 15) is 0 Å². The van der Waals surface area contributed by atoms with Crippen LogP contribution < -0.4 is 5.32 Å². The number of benzene rings is 10. The molecule has 324 valence electrons. The third kappa shape index (κ3) is 6.05. The van der Waals surface area contributed by atoms with E-state index in [1.54, 1.807) is 0 Å². The normalized spacial score (nSPS) is 13.9. The zero-order valence-corrected chi connectivity index (χ0v) is 37.4. The summed E-state index contributed by atoms with van der Waals surface area (Å²) >= 11 is 0. The lowest BCUT2D eigenvalue weighted by Gasteiger charge is -2.29. The van der Waals surface area contributed by atoms with Crippen molar-refractivity contribution in [1.29, 1.82) is 0 Å². The van der Waals surface area contributed by atoms with E-state index in [1.165, 1.54) is 32.3 Å². The summed E-state index contributed by atoms with van der Waals surface area (Å²) in [5, 5.41) is 10.8. The Morgan fingerprint density at radius 3 is 1.16 bits per heavy atom. The van der Waals surface area contributed by atoms with Crippen molar-refractivity contribution in [2.24, 2.45) is 9.98 Å². The van der Waals surface area contributed by atoms with Crippen molar-refractivity contribution in [3.05, 3.63) is 259 Å². The van der Waals surface area contributed by atoms with Gasteiger partial charge in [-0.05, 0) is 59.2 Å². The molecule has 14 rings (SSSR count). The highest BCUT2D eigenvalue weighted by atomic mass is 15.2. The zero-order chi connectivity index (χ0) is 45.4. The number of para-hydroxylation sites is 6. The van der Waals surface area contributed by atoms with Crippen LogP contribution in [0.4, 0.5) is 0 Å². The number of hydrogen-bond acceptors (Lipinski definition) is 3. The SMILES string of the molecule is c1ccc(C2=NC(c3c(-c4ccccc4)cc(-n4c5ccccc5c5ccccc54)c(-n4c5ccccc5c5ccccc54)c3-n3c4ccccc4c4ccccc43)=NC(c3ccccc3)N2)cc1. The summed E-state index contributed by atoms with van der Waals surface area (Å²) in [5.41, 5.74) is 14.6. The van der Waals surface area contributed by atoms with E-state index in [-0.39, 0.29) is 0 Å². The average Bonchev–Trinajstić information content (AvgIpc) is 4.07. The van der Waals surface area contributed by atoms with E-state index in [0.717, 1.165) is 83.8 Å². The van der Waals surface area contributed by atoms with Gasteiger partial charge in [0.05, 0.1) is 55.7 Å². The molecular weight excluding hydrogens is 841 g/mol. The number of fused-ring (bicyclic) bond motifs is 9. The number of aromatic nitrogens is 3. The molecule has 6 heteroatoms. The van der Waals surface area contributed by atoms with E-state index in [0.29, 0.717) is 5.84 Å². The first-order chi connectivity index (χ1) is 34.3. The van der Waals surface area contributed by atoms with E-state index < -0.39 is 6.17 Å². The fourth-order valence-corrected chi connectivity index (χ4v) is 10.9. The molecule has 4 heterocycles. The minimum absolute atomic E-state index is 0.433. The number of hydrogen-bond donors (Lipinski definition) is 1. The van der Waals surface area contributed by atoms with Crippen LogP contribution in [0.3, 0.4) is 0 Å². The van der Waals surface area contributed by atoms with Gasteiger partial charge >= 0.3 is 0 Å². The molecule has 0 aliphatic carbocycles. The van der Waals surface area contributed by atoms with Crippen molar-refractivity contribution in [1.82, 2.24) is 19.0 Å². The molecule has 0 fully saturated rings. The summed E-state index contributed by atoms with van der Waals surface area (Å²) in [4.78, 5) is 11.4. The lowest BCUT2D eigenvalue weighted by Crippen LogP contribution is -2.34. The molecule has 69 heavy (non-hydrogen) atoms. The maximum Gasteiger partial charge on any atom is 0.162 e. The maximum absolute atomic E-state index is 5.74. The van der Waals surface area contributed by atoms with Crippen molar-refractivity contribution < 1.29 is 0 Å². The Bertz CT molecular complexity index is 4050. The fourth-order valence-electron chi connectivity index (χ4n) is 10.9. The second-order valence-corrected chi connectivity index (χ2v) is 17.7. The van der Waals surface area contributed by atoms with Crippen molar-refractivity contribution in [2.45, 2.75) is 6.17 Å². The van der Waals surface area contributed by atoms with Gasteiger partial charge in [-0.25, -0.2) is 9.98 Å². The fraction of sp³-hybridized carbons (Fsp3) is 0.0159. The molecule has 0 saturated heterocycles. The number of nitrogens with zero attached hydrogens (tertiary/aromatic N) is 5. The first kappa shape index (κ1) is 39.0. The molecule has 13 aromatic rings. The second kappa shape index (κ2) is 15.7. The third-order valence-electron chi connectivity index (χ3n) is 13.9. The molecule has 0 amide bonds. The number of amidine groups is 2. The highest BCUT2D eigenvalue weighted by Crippen LogP contribution is 2.47. The first-order valence-electron chi connectivity index (χ1n) is 23.5. The minimum atomic E-state index is -0.433. The number of rotatable bonds is 7. The summed E-state index contributed by atoms with van der Waals surface area (Å²) in [5.74, 6) is 1.39. The predicted molar refractivity (Wildman–Crippen MR) is 287 cm³/mol. The van der Waals surface area contributed by atoms with Gasteiger partial charge in [-0.15, -0.1) is 0 Å². The quantitative estimate of drug-likeness (QED) is 0.170. The van der Waals surface area contributed by atoms with Gasteiger partial charge < -0.3 is 19.0 Å². The maximum atomic E-state index is 5.74. The molecule has 1 aliphatic heterocycles. The van der Waals surface area contributed by atoms with Crippen molar-refractivity contribution in [2.75, 3.05) is 0 Å². The molecule has 0 bridgehead atoms. The summed E-state index contributed by atoms with van der Waals surface area (Å²) in [7, 11) is 0. The zero-order valence-electron chi connectivity index (χ0n) is 37.4. The Morgan fingerprint density at radius 2 is 0.710 bits per heavy atom. The topological polar surface area (TPSA) is 51.5 Å². The third-order valence-corrected chi connectivity index (χ3v) is 13.9. The molecule has 10 aromatic carbocycles. The van der Waals surface area contributed by atoms with Crippen LogP contribution in [0.2, 0.25) is 0 Å². The van der Waals surface area contributed by atoms with E-state index >= 15 is 0 Å². The minimum Gasteiger partial charge on any atom is -0.344 e. The lowest BCUT2D eigenvalue weighted by atomic mass is 9.93. The summed E-state index contributed by atoms with van der Waals surface area (Å²) in [6, 6.07) is 87.1. The van der Waals surface area contributed by atoms with Gasteiger partial charge in [0.25, 0.3) is 0 Å². The Hall–Kier alpha value is -9.26. The van der Waals surface area contributed by atoms with Gasteiger partial charge in [0.2, 0.25) is 0 Å². The van der Waals surface area contributed by atoms with Gasteiger partial charge in [-0.2, -0.15) is 0 Å². The molecule has 1 N–H and O–H groups in total. The van der Waals surface area contributed by atoms with E-state index in [1.807, 2.05) is 0 Å². The number of aliphatic imine (C=N–C) groups is 2. The van der Waals surface area contributed by atoms with Gasteiger partial charge in [0.15, 0.2) is 5.84 Å². The molecule has 1 atom stereocenters. The van der Waals surface area contributed by atoms with E-state index in [2.05, 4.69) is 262 Å². The molecule has 1 aliphatic rings. The Morgan fingerprint density at radius 1 is 0.348 bits per heavy atom. The van der Waals surface area contributed by atoms with Crippen LogP contribution in [0.25, 0.3) is 93.6 Å². The number of nitrogens with one attached hydrogen (secondary N) is 1. The lowest BCUT2D eigenvalue weighted by molar-refractivity contribution is 0.674. The Kier molecular flexibility index (Phi) is 8.86. The van der Waals surface area contributed by atoms with Crippen LogP contribution in [0, 0.1) is 0 Å². The predicted octanol–water partition coefficient (Wildman–Crippen LogP) is 15.1. The van der Waals surface area contributed by atoms with E-state index in [4.69, 9.17) is 9.98 Å². The van der Waals surface area contributed by atoms with Gasteiger partial charge in [0, 0.05) is 37.9 Å². The average molecular weight is 883 g/mol. The largest absolute Gasteiger partial charge is 0.344 e. The van der Waals surface area contributed by atoms with Gasteiger partial charge in [-0.3, -0.25) is 0 Å². The molecule has 6 nitrogen and oxygen atoms in total. The molecule has 1 unspecified atom stereocenters. The van der Waals surface area contributed by atoms with Crippen LogP contribution in [-0.2, 0) is 0 Å². The van der Waals surface area contributed by atoms with Crippen molar-refractivity contribution in [3.8, 4) is 28.2 Å². The van der Waals surface area contributed by atoms with Crippen LogP contribution in [0.1, 0.15) is 22.9 Å². The summed E-state index contributed by atoms with van der Waals surface area (Å²) in [6.45, 7) is 0. The van der Waals surface area contributed by atoms with Crippen LogP contribution in [0.15, 0.2) is 253 Å². The van der Waals surface area contributed by atoms with Crippen LogP contribution >= 0.6 is 0 Å². The van der Waals surface area contributed by atoms with Gasteiger partial charge in [0.1, 0.15) is 12.0 Å². The summed E-state index contributed by atoms with van der Waals surface area (Å²) in [6.07, 6.45) is -0.433. The van der Waals surface area contributed by atoms with Gasteiger partial charge in [-0.1, -0.05) is 200 Å². The highest BCUT2D eigenvalue weighted by molar-refractivity contribution is 6.21. The molecule has 3 aromatic heterocycles. The Labute approximate surface area is 398 Å². The van der Waals surface area contributed by atoms with Crippen LogP contribution in [-0.4, -0.2) is 25.4 Å². The summed E-state index contributed by atoms with van der Waals surface area (Å²) < 4.78 is 7.51. The molecule has 0 radical (unpaired) electrons. The van der Waals surface area contributed by atoms with Crippen molar-refractivity contribution in [3.63, 3.8) is 0 Å². The second-order valence-electron chi connectivity index (χ2n) is 17.7.